The molecule has 1 amide bonds. The SMILES string of the molecule is CC.CC[C@@H]1CC(NCC(=O)N2CCCC2C#N)C[C@@H]1CCOC(C)=O. The number of rotatable bonds is 7. The predicted molar refractivity (Wildman–Crippen MR) is 101 cm³/mol. The first kappa shape index (κ1) is 22.4. The maximum atomic E-state index is 12.3. The number of ether oxygens (including phenoxy) is 1. The third-order valence-electron chi connectivity index (χ3n) is 5.42. The minimum atomic E-state index is -0.247. The van der Waals surface area contributed by atoms with E-state index in [4.69, 9.17) is 10.00 Å². The highest BCUT2D eigenvalue weighted by molar-refractivity contribution is 5.79. The molecule has 148 valence electrons. The summed E-state index contributed by atoms with van der Waals surface area (Å²) in [6.45, 7) is 9.13. The largest absolute Gasteiger partial charge is 0.466 e. The van der Waals surface area contributed by atoms with E-state index in [0.717, 1.165) is 38.5 Å². The summed E-state index contributed by atoms with van der Waals surface area (Å²) in [5, 5.41) is 12.5. The molecule has 2 unspecified atom stereocenters. The summed E-state index contributed by atoms with van der Waals surface area (Å²) in [7, 11) is 0. The summed E-state index contributed by atoms with van der Waals surface area (Å²) in [5.41, 5.74) is 0. The number of likely N-dealkylation sites (tertiary alicyclic amines) is 1. The number of hydrogen-bond donors (Lipinski definition) is 1. The lowest BCUT2D eigenvalue weighted by Gasteiger charge is -2.21. The molecule has 6 nitrogen and oxygen atoms in total. The quantitative estimate of drug-likeness (QED) is 0.702. The van der Waals surface area contributed by atoms with Crippen molar-refractivity contribution in [2.75, 3.05) is 19.7 Å². The number of hydrogen-bond acceptors (Lipinski definition) is 5. The Morgan fingerprint density at radius 1 is 1.27 bits per heavy atom. The fraction of sp³-hybridized carbons (Fsp3) is 0.850. The predicted octanol–water partition coefficient (Wildman–Crippen LogP) is 2.87. The second-order valence-electron chi connectivity index (χ2n) is 6.98. The molecule has 2 fully saturated rings. The van der Waals surface area contributed by atoms with Crippen LogP contribution >= 0.6 is 0 Å². The fourth-order valence-electron chi connectivity index (χ4n) is 4.12. The van der Waals surface area contributed by atoms with Gasteiger partial charge in [0.25, 0.3) is 0 Å². The molecule has 1 saturated carbocycles. The molecule has 0 bridgehead atoms. The smallest absolute Gasteiger partial charge is 0.302 e. The second kappa shape index (κ2) is 11.9. The lowest BCUT2D eigenvalue weighted by atomic mass is 9.91. The van der Waals surface area contributed by atoms with Crippen LogP contribution in [0.2, 0.25) is 0 Å². The number of nitrogens with one attached hydrogen (secondary N) is 1. The second-order valence-corrected chi connectivity index (χ2v) is 6.98. The summed E-state index contributed by atoms with van der Waals surface area (Å²) in [6, 6.07) is 2.30. The number of nitrogens with zero attached hydrogens (tertiary/aromatic N) is 2. The van der Waals surface area contributed by atoms with Gasteiger partial charge in [0.1, 0.15) is 6.04 Å². The number of carbonyl (C=O) groups is 2. The van der Waals surface area contributed by atoms with E-state index in [2.05, 4.69) is 18.3 Å². The van der Waals surface area contributed by atoms with Gasteiger partial charge in [0.15, 0.2) is 0 Å². The molecular formula is C20H35N3O3. The standard InChI is InChI=1S/C18H29N3O3.C2H6/c1-3-14-9-16(10-15(14)6-8-24-13(2)22)20-12-18(23)21-7-4-5-17(21)11-19;1-2/h14-17,20H,3-10,12H2,1-2H3;1-2H3/t14-,15+,16?,17?;/m1./s1. The molecular weight excluding hydrogens is 330 g/mol. The van der Waals surface area contributed by atoms with E-state index < -0.39 is 0 Å². The summed E-state index contributed by atoms with van der Waals surface area (Å²) in [4.78, 5) is 24.9. The molecule has 6 heteroatoms. The Bertz CT molecular complexity index is 489. The molecule has 0 aromatic rings. The normalized spacial score (nSPS) is 27.4. The highest BCUT2D eigenvalue weighted by Gasteiger charge is 2.34. The van der Waals surface area contributed by atoms with E-state index in [1.165, 1.54) is 6.92 Å². The van der Waals surface area contributed by atoms with Crippen LogP contribution in [0.5, 0.6) is 0 Å². The van der Waals surface area contributed by atoms with Crippen molar-refractivity contribution < 1.29 is 14.3 Å². The lowest BCUT2D eigenvalue weighted by molar-refractivity contribution is -0.141. The number of amides is 1. The van der Waals surface area contributed by atoms with Crippen LogP contribution in [0.3, 0.4) is 0 Å². The zero-order chi connectivity index (χ0) is 19.5. The van der Waals surface area contributed by atoms with Gasteiger partial charge in [-0.2, -0.15) is 5.26 Å². The average Bonchev–Trinajstić information content (AvgIpc) is 3.27. The van der Waals surface area contributed by atoms with Gasteiger partial charge >= 0.3 is 5.97 Å². The number of esters is 1. The first-order valence-corrected chi connectivity index (χ1v) is 10.1. The highest BCUT2D eigenvalue weighted by Crippen LogP contribution is 2.36. The zero-order valence-electron chi connectivity index (χ0n) is 16.8. The van der Waals surface area contributed by atoms with Gasteiger partial charge in [-0.1, -0.05) is 27.2 Å². The van der Waals surface area contributed by atoms with Gasteiger partial charge < -0.3 is 15.0 Å². The van der Waals surface area contributed by atoms with Crippen LogP contribution in [-0.2, 0) is 14.3 Å². The molecule has 0 aromatic heterocycles. The minimum absolute atomic E-state index is 0.0375. The molecule has 1 aliphatic carbocycles. The van der Waals surface area contributed by atoms with Crippen molar-refractivity contribution in [3.8, 4) is 6.07 Å². The van der Waals surface area contributed by atoms with Crippen LogP contribution in [0.4, 0.5) is 0 Å². The maximum absolute atomic E-state index is 12.3. The molecule has 2 aliphatic rings. The van der Waals surface area contributed by atoms with E-state index in [1.54, 1.807) is 4.90 Å². The molecule has 4 atom stereocenters. The van der Waals surface area contributed by atoms with Crippen LogP contribution in [0, 0.1) is 23.2 Å². The Kier molecular flexibility index (Phi) is 10.3. The molecule has 1 N–H and O–H groups in total. The third-order valence-corrected chi connectivity index (χ3v) is 5.42. The van der Waals surface area contributed by atoms with E-state index in [-0.39, 0.29) is 17.9 Å². The van der Waals surface area contributed by atoms with Crippen LogP contribution in [0.1, 0.15) is 66.2 Å². The van der Waals surface area contributed by atoms with Gasteiger partial charge in [0.2, 0.25) is 5.91 Å². The summed E-state index contributed by atoms with van der Waals surface area (Å²) < 4.78 is 5.07. The molecule has 0 radical (unpaired) electrons. The van der Waals surface area contributed by atoms with E-state index in [9.17, 15) is 9.59 Å². The Hall–Kier alpha value is -1.61. The summed E-state index contributed by atoms with van der Waals surface area (Å²) >= 11 is 0. The maximum Gasteiger partial charge on any atom is 0.302 e. The zero-order valence-corrected chi connectivity index (χ0v) is 16.8. The van der Waals surface area contributed by atoms with Gasteiger partial charge in [-0.25, -0.2) is 0 Å². The molecule has 1 aliphatic heterocycles. The molecule has 2 rings (SSSR count). The topological polar surface area (TPSA) is 82.4 Å². The minimum Gasteiger partial charge on any atom is -0.466 e. The first-order chi connectivity index (χ1) is 12.5. The van der Waals surface area contributed by atoms with Crippen LogP contribution in [-0.4, -0.2) is 48.6 Å². The van der Waals surface area contributed by atoms with Gasteiger partial charge in [-0.05, 0) is 43.9 Å². The van der Waals surface area contributed by atoms with Crippen LogP contribution < -0.4 is 5.32 Å². The van der Waals surface area contributed by atoms with Gasteiger partial charge in [0.05, 0.1) is 19.2 Å². The molecule has 26 heavy (non-hydrogen) atoms. The Balaban J connectivity index is 0.00000163. The average molecular weight is 366 g/mol. The van der Waals surface area contributed by atoms with Crippen molar-refractivity contribution in [1.82, 2.24) is 10.2 Å². The lowest BCUT2D eigenvalue weighted by Crippen LogP contribution is -2.43. The van der Waals surface area contributed by atoms with Gasteiger partial charge in [-0.3, -0.25) is 9.59 Å². The van der Waals surface area contributed by atoms with Crippen molar-refractivity contribution in [2.24, 2.45) is 11.8 Å². The first-order valence-electron chi connectivity index (χ1n) is 10.1. The Morgan fingerprint density at radius 2 is 1.96 bits per heavy atom. The van der Waals surface area contributed by atoms with E-state index in [0.29, 0.717) is 37.6 Å². The van der Waals surface area contributed by atoms with Gasteiger partial charge in [0, 0.05) is 19.5 Å². The van der Waals surface area contributed by atoms with Crippen molar-refractivity contribution in [2.45, 2.75) is 78.3 Å². The molecule has 1 saturated heterocycles. The molecule has 0 aromatic carbocycles. The van der Waals surface area contributed by atoms with E-state index in [1.807, 2.05) is 13.8 Å². The van der Waals surface area contributed by atoms with Crippen molar-refractivity contribution in [3.63, 3.8) is 0 Å². The summed E-state index contributed by atoms with van der Waals surface area (Å²) in [6.07, 6.45) is 5.81. The van der Waals surface area contributed by atoms with Gasteiger partial charge in [-0.15, -0.1) is 0 Å². The number of carbonyl (C=O) groups excluding carboxylic acids is 2. The monoisotopic (exact) mass is 365 g/mol. The highest BCUT2D eigenvalue weighted by atomic mass is 16.5. The Labute approximate surface area is 158 Å². The van der Waals surface area contributed by atoms with Crippen molar-refractivity contribution in [1.29, 1.82) is 5.26 Å². The van der Waals surface area contributed by atoms with Crippen LogP contribution in [0.15, 0.2) is 0 Å². The number of nitriles is 1. The van der Waals surface area contributed by atoms with Crippen molar-refractivity contribution >= 4 is 11.9 Å². The molecule has 0 spiro atoms. The third kappa shape index (κ3) is 6.60. The Morgan fingerprint density at radius 3 is 2.58 bits per heavy atom. The fourth-order valence-corrected chi connectivity index (χ4v) is 4.12. The van der Waals surface area contributed by atoms with E-state index >= 15 is 0 Å². The van der Waals surface area contributed by atoms with Crippen molar-refractivity contribution in [3.05, 3.63) is 0 Å². The van der Waals surface area contributed by atoms with Crippen LogP contribution in [0.25, 0.3) is 0 Å². The molecule has 1 heterocycles. The summed E-state index contributed by atoms with van der Waals surface area (Å²) in [5.74, 6) is 0.974.